The molecule has 2 aliphatic rings. The smallest absolute Gasteiger partial charge is 0.163 e. The number of benzene rings is 3. The highest BCUT2D eigenvalue weighted by molar-refractivity contribution is 7.98. The van der Waals surface area contributed by atoms with Gasteiger partial charge in [0.05, 0.1) is 24.5 Å². The SMILES string of the molecule is COc1ccc([C@@H]2CC(=O)C3=C(C2)Nc2ccccc2N[C@@H]3c2ccc(SC)cc2)cc1. The molecule has 3 aromatic rings. The monoisotopic (exact) mass is 442 g/mol. The summed E-state index contributed by atoms with van der Waals surface area (Å²) < 4.78 is 5.30. The molecule has 1 aliphatic carbocycles. The number of fused-ring (bicyclic) bond motifs is 1. The van der Waals surface area contributed by atoms with Gasteiger partial charge in [0.2, 0.25) is 0 Å². The molecule has 3 aromatic carbocycles. The molecule has 2 atom stereocenters. The molecule has 0 radical (unpaired) electrons. The first kappa shape index (κ1) is 20.7. The highest BCUT2D eigenvalue weighted by Gasteiger charge is 2.36. The van der Waals surface area contributed by atoms with Gasteiger partial charge in [-0.15, -0.1) is 11.8 Å². The van der Waals surface area contributed by atoms with E-state index < -0.39 is 0 Å². The van der Waals surface area contributed by atoms with Gasteiger partial charge in [0.25, 0.3) is 0 Å². The normalized spacial score (nSPS) is 19.9. The van der Waals surface area contributed by atoms with Crippen molar-refractivity contribution in [2.75, 3.05) is 24.0 Å². The number of hydrogen-bond donors (Lipinski definition) is 2. The second kappa shape index (κ2) is 8.75. The summed E-state index contributed by atoms with van der Waals surface area (Å²) in [6.45, 7) is 0. The summed E-state index contributed by atoms with van der Waals surface area (Å²) in [7, 11) is 1.67. The highest BCUT2D eigenvalue weighted by atomic mass is 32.2. The summed E-state index contributed by atoms with van der Waals surface area (Å²) in [5.41, 5.74) is 6.14. The van der Waals surface area contributed by atoms with Crippen molar-refractivity contribution in [3.05, 3.63) is 95.2 Å². The van der Waals surface area contributed by atoms with E-state index in [4.69, 9.17) is 4.74 Å². The van der Waals surface area contributed by atoms with Crippen LogP contribution >= 0.6 is 11.8 Å². The number of carbonyl (C=O) groups is 1. The number of para-hydroxylation sites is 2. The minimum atomic E-state index is -0.179. The van der Waals surface area contributed by atoms with E-state index >= 15 is 0 Å². The van der Waals surface area contributed by atoms with E-state index in [1.54, 1.807) is 18.9 Å². The molecule has 0 fully saturated rings. The Labute approximate surface area is 193 Å². The summed E-state index contributed by atoms with van der Waals surface area (Å²) in [6, 6.07) is 24.6. The molecule has 5 rings (SSSR count). The maximum atomic E-state index is 13.6. The molecule has 1 heterocycles. The molecule has 5 heteroatoms. The number of anilines is 2. The van der Waals surface area contributed by atoms with Gasteiger partial charge in [0, 0.05) is 22.6 Å². The molecular formula is C27H26N2O2S. The summed E-state index contributed by atoms with van der Waals surface area (Å²) in [5, 5.41) is 7.25. The quantitative estimate of drug-likeness (QED) is 0.458. The maximum absolute atomic E-state index is 13.6. The Balaban J connectivity index is 1.56. The minimum absolute atomic E-state index is 0.143. The number of carbonyl (C=O) groups excluding carboxylic acids is 1. The van der Waals surface area contributed by atoms with Crippen LogP contribution in [0.25, 0.3) is 0 Å². The van der Waals surface area contributed by atoms with Crippen LogP contribution in [-0.2, 0) is 4.79 Å². The van der Waals surface area contributed by atoms with Crippen LogP contribution in [0.2, 0.25) is 0 Å². The molecule has 0 aromatic heterocycles. The molecule has 0 saturated carbocycles. The van der Waals surface area contributed by atoms with E-state index in [1.165, 1.54) is 10.5 Å². The van der Waals surface area contributed by atoms with Crippen LogP contribution in [0.4, 0.5) is 11.4 Å². The van der Waals surface area contributed by atoms with Crippen molar-refractivity contribution >= 4 is 28.9 Å². The number of thioether (sulfide) groups is 1. The number of ether oxygens (including phenoxy) is 1. The molecule has 0 amide bonds. The number of methoxy groups -OCH3 is 1. The van der Waals surface area contributed by atoms with Gasteiger partial charge in [-0.3, -0.25) is 4.79 Å². The molecular weight excluding hydrogens is 416 g/mol. The number of hydrogen-bond acceptors (Lipinski definition) is 5. The standard InChI is InChI=1S/C27H26N2O2S/c1-31-20-11-7-17(8-12-20)19-15-24-26(25(30)16-19)27(18-9-13-21(32-2)14-10-18)29-23-6-4-3-5-22(23)28-24/h3-14,19,27-29H,15-16H2,1-2H3/t19-,27+/m0/s1. The number of rotatable bonds is 4. The molecule has 1 aliphatic heterocycles. The van der Waals surface area contributed by atoms with Gasteiger partial charge in [-0.05, 0) is 66.1 Å². The van der Waals surface area contributed by atoms with Gasteiger partial charge in [-0.25, -0.2) is 0 Å². The Morgan fingerprint density at radius 1 is 0.875 bits per heavy atom. The summed E-state index contributed by atoms with van der Waals surface area (Å²) in [4.78, 5) is 14.8. The second-order valence-corrected chi connectivity index (χ2v) is 9.09. The Bertz CT molecular complexity index is 1170. The molecule has 0 saturated heterocycles. The van der Waals surface area contributed by atoms with Crippen molar-refractivity contribution in [3.8, 4) is 5.75 Å². The number of allylic oxidation sites excluding steroid dienone is 1. The van der Waals surface area contributed by atoms with Gasteiger partial charge in [-0.2, -0.15) is 0 Å². The van der Waals surface area contributed by atoms with E-state index in [-0.39, 0.29) is 17.7 Å². The fourth-order valence-electron chi connectivity index (χ4n) is 4.65. The fourth-order valence-corrected chi connectivity index (χ4v) is 5.06. The van der Waals surface area contributed by atoms with E-state index in [2.05, 4.69) is 65.4 Å². The average Bonchev–Trinajstić information content (AvgIpc) is 3.01. The van der Waals surface area contributed by atoms with Crippen LogP contribution < -0.4 is 15.4 Å². The number of Topliss-reactive ketones (excluding diaryl/α,β-unsaturated/α-hetero) is 1. The lowest BCUT2D eigenvalue weighted by Crippen LogP contribution is -2.26. The molecule has 0 spiro atoms. The third kappa shape index (κ3) is 3.89. The van der Waals surface area contributed by atoms with E-state index in [0.717, 1.165) is 40.4 Å². The Kier molecular flexibility index (Phi) is 5.66. The lowest BCUT2D eigenvalue weighted by atomic mass is 9.78. The predicted octanol–water partition coefficient (Wildman–Crippen LogP) is 6.40. The van der Waals surface area contributed by atoms with Crippen LogP contribution in [0.5, 0.6) is 5.75 Å². The average molecular weight is 443 g/mol. The van der Waals surface area contributed by atoms with Crippen LogP contribution in [0.15, 0.2) is 89.0 Å². The zero-order valence-electron chi connectivity index (χ0n) is 18.2. The zero-order chi connectivity index (χ0) is 22.1. The van der Waals surface area contributed by atoms with Crippen LogP contribution in [-0.4, -0.2) is 19.1 Å². The third-order valence-corrected chi connectivity index (χ3v) is 7.09. The maximum Gasteiger partial charge on any atom is 0.163 e. The number of nitrogens with one attached hydrogen (secondary N) is 2. The van der Waals surface area contributed by atoms with Crippen molar-refractivity contribution in [2.45, 2.75) is 29.7 Å². The van der Waals surface area contributed by atoms with Gasteiger partial charge < -0.3 is 15.4 Å². The summed E-state index contributed by atoms with van der Waals surface area (Å²) in [6.07, 6.45) is 3.37. The van der Waals surface area contributed by atoms with Gasteiger partial charge >= 0.3 is 0 Å². The Hall–Kier alpha value is -3.18. The highest BCUT2D eigenvalue weighted by Crippen LogP contribution is 2.44. The molecule has 0 unspecified atom stereocenters. The molecule has 2 N–H and O–H groups in total. The predicted molar refractivity (Wildman–Crippen MR) is 132 cm³/mol. The summed E-state index contributed by atoms with van der Waals surface area (Å²) in [5.74, 6) is 1.17. The zero-order valence-corrected chi connectivity index (χ0v) is 19.0. The molecule has 4 nitrogen and oxygen atoms in total. The van der Waals surface area contributed by atoms with Crippen molar-refractivity contribution in [1.82, 2.24) is 0 Å². The van der Waals surface area contributed by atoms with Crippen LogP contribution in [0.1, 0.15) is 35.9 Å². The molecule has 0 bridgehead atoms. The minimum Gasteiger partial charge on any atom is -0.497 e. The lowest BCUT2D eigenvalue weighted by molar-refractivity contribution is -0.116. The Morgan fingerprint density at radius 2 is 1.56 bits per heavy atom. The molecule has 162 valence electrons. The van der Waals surface area contributed by atoms with Gasteiger partial charge in [0.15, 0.2) is 5.78 Å². The van der Waals surface area contributed by atoms with Crippen LogP contribution in [0, 0.1) is 0 Å². The largest absolute Gasteiger partial charge is 0.497 e. The van der Waals surface area contributed by atoms with Crippen molar-refractivity contribution in [3.63, 3.8) is 0 Å². The van der Waals surface area contributed by atoms with Crippen LogP contribution in [0.3, 0.4) is 0 Å². The first-order valence-corrected chi connectivity index (χ1v) is 12.1. The molecule has 32 heavy (non-hydrogen) atoms. The van der Waals surface area contributed by atoms with Crippen molar-refractivity contribution in [1.29, 1.82) is 0 Å². The van der Waals surface area contributed by atoms with E-state index in [1.807, 2.05) is 24.3 Å². The van der Waals surface area contributed by atoms with E-state index in [0.29, 0.717) is 6.42 Å². The first-order valence-electron chi connectivity index (χ1n) is 10.8. The van der Waals surface area contributed by atoms with Gasteiger partial charge in [0.1, 0.15) is 5.75 Å². The van der Waals surface area contributed by atoms with Crippen molar-refractivity contribution in [2.24, 2.45) is 0 Å². The van der Waals surface area contributed by atoms with E-state index in [9.17, 15) is 4.79 Å². The Morgan fingerprint density at radius 3 is 2.25 bits per heavy atom. The topological polar surface area (TPSA) is 50.4 Å². The van der Waals surface area contributed by atoms with Crippen molar-refractivity contribution < 1.29 is 9.53 Å². The summed E-state index contributed by atoms with van der Waals surface area (Å²) >= 11 is 1.72. The van der Waals surface area contributed by atoms with Gasteiger partial charge in [-0.1, -0.05) is 36.4 Å². The number of ketones is 1. The lowest BCUT2D eigenvalue weighted by Gasteiger charge is -2.30. The second-order valence-electron chi connectivity index (χ2n) is 8.21. The third-order valence-electron chi connectivity index (χ3n) is 6.35. The fraction of sp³-hybridized carbons (Fsp3) is 0.222. The first-order chi connectivity index (χ1) is 15.7.